The Balaban J connectivity index is 1.53. The van der Waals surface area contributed by atoms with Crippen molar-refractivity contribution in [3.8, 4) is 0 Å². The predicted molar refractivity (Wildman–Crippen MR) is 121 cm³/mol. The van der Waals surface area contributed by atoms with E-state index in [2.05, 4.69) is 61.2 Å². The highest BCUT2D eigenvalue weighted by molar-refractivity contribution is 5.86. The molecule has 2 aliphatic carbocycles. The highest BCUT2D eigenvalue weighted by Crippen LogP contribution is 2.36. The average molecular weight is 375 g/mol. The molecule has 4 rings (SSSR count). The van der Waals surface area contributed by atoms with Crippen LogP contribution in [0.4, 0.5) is 0 Å². The molecule has 0 spiro atoms. The molecule has 0 bridgehead atoms. The van der Waals surface area contributed by atoms with Gasteiger partial charge in [0.25, 0.3) is 0 Å². The maximum absolute atomic E-state index is 4.44. The third-order valence-corrected chi connectivity index (χ3v) is 6.71. The summed E-state index contributed by atoms with van der Waals surface area (Å²) in [5.41, 5.74) is 10.1. The van der Waals surface area contributed by atoms with E-state index in [9.17, 15) is 0 Å². The van der Waals surface area contributed by atoms with Crippen LogP contribution in [0, 0.1) is 5.92 Å². The van der Waals surface area contributed by atoms with Crippen molar-refractivity contribution in [3.05, 3.63) is 71.1 Å². The van der Waals surface area contributed by atoms with Gasteiger partial charge in [-0.3, -0.25) is 0 Å². The minimum absolute atomic E-state index is 0.529. The monoisotopic (exact) mass is 374 g/mol. The number of benzene rings is 1. The Bertz CT molecular complexity index is 941. The van der Waals surface area contributed by atoms with Crippen molar-refractivity contribution >= 4 is 10.9 Å². The van der Waals surface area contributed by atoms with Gasteiger partial charge in [0.1, 0.15) is 0 Å². The molecule has 2 aromatic rings. The van der Waals surface area contributed by atoms with Crippen molar-refractivity contribution in [2.75, 3.05) is 6.54 Å². The number of para-hydroxylation sites is 1. The summed E-state index contributed by atoms with van der Waals surface area (Å²) >= 11 is 0. The Kier molecular flexibility index (Phi) is 5.48. The van der Waals surface area contributed by atoms with Gasteiger partial charge in [-0.05, 0) is 70.4 Å². The molecule has 0 radical (unpaired) electrons. The minimum Gasteiger partial charge on any atom is -0.385 e. The van der Waals surface area contributed by atoms with Crippen LogP contribution in [-0.4, -0.2) is 11.1 Å². The van der Waals surface area contributed by atoms with Crippen LogP contribution < -0.4 is 5.32 Å². The molecule has 0 aliphatic heterocycles. The predicted octanol–water partition coefficient (Wildman–Crippen LogP) is 6.32. The molecule has 0 saturated heterocycles. The Labute approximate surface area is 170 Å². The number of rotatable bonds is 6. The number of fused-ring (bicyclic) bond motifs is 3. The number of hydrogen-bond acceptors (Lipinski definition) is 1. The molecule has 1 unspecified atom stereocenters. The first-order valence-electron chi connectivity index (χ1n) is 10.9. The fourth-order valence-corrected chi connectivity index (χ4v) is 5.07. The molecule has 0 amide bonds. The lowest BCUT2D eigenvalue weighted by Gasteiger charge is -2.28. The number of aromatic nitrogens is 1. The van der Waals surface area contributed by atoms with Crippen LogP contribution >= 0.6 is 0 Å². The summed E-state index contributed by atoms with van der Waals surface area (Å²) in [7, 11) is 0. The number of nitrogens with one attached hydrogen (secondary N) is 1. The first-order valence-corrected chi connectivity index (χ1v) is 10.9. The largest absolute Gasteiger partial charge is 0.385 e. The van der Waals surface area contributed by atoms with Gasteiger partial charge in [-0.25, -0.2) is 0 Å². The van der Waals surface area contributed by atoms with E-state index in [-0.39, 0.29) is 0 Å². The van der Waals surface area contributed by atoms with Gasteiger partial charge in [0.2, 0.25) is 0 Å². The van der Waals surface area contributed by atoms with E-state index < -0.39 is 0 Å². The Hall–Kier alpha value is -2.22. The van der Waals surface area contributed by atoms with Crippen molar-refractivity contribution in [1.29, 1.82) is 0 Å². The van der Waals surface area contributed by atoms with Gasteiger partial charge in [-0.2, -0.15) is 0 Å². The summed E-state index contributed by atoms with van der Waals surface area (Å²) in [5, 5.41) is 5.12. The molecule has 1 aromatic heterocycles. The zero-order valence-electron chi connectivity index (χ0n) is 17.6. The minimum atomic E-state index is 0.529. The number of nitrogens with zero attached hydrogens (tertiary/aromatic N) is 1. The van der Waals surface area contributed by atoms with Gasteiger partial charge >= 0.3 is 0 Å². The zero-order valence-corrected chi connectivity index (χ0v) is 17.6. The summed E-state index contributed by atoms with van der Waals surface area (Å²) in [5.74, 6) is 0.529. The van der Waals surface area contributed by atoms with Crippen LogP contribution in [0.3, 0.4) is 0 Å². The second kappa shape index (κ2) is 8.03. The smallest absolute Gasteiger partial charge is 0.0488 e. The van der Waals surface area contributed by atoms with Crippen LogP contribution in [0.15, 0.2) is 59.8 Å². The number of hydrogen-bond donors (Lipinski definition) is 1. The maximum Gasteiger partial charge on any atom is 0.0488 e. The Morgan fingerprint density at radius 3 is 2.71 bits per heavy atom. The van der Waals surface area contributed by atoms with Crippen molar-refractivity contribution < 1.29 is 0 Å². The molecule has 28 heavy (non-hydrogen) atoms. The Morgan fingerprint density at radius 2 is 1.93 bits per heavy atom. The SMILES string of the molecule is C=C(C)Cn1c2c(c3ccccc31)CC(C(=C)NCC1=C(C)CCCC1)CC2. The molecule has 1 aromatic carbocycles. The lowest BCUT2D eigenvalue weighted by atomic mass is 9.84. The summed E-state index contributed by atoms with van der Waals surface area (Å²) < 4.78 is 2.50. The van der Waals surface area contributed by atoms with Gasteiger partial charge in [-0.1, -0.05) is 48.1 Å². The second-order valence-corrected chi connectivity index (χ2v) is 8.90. The summed E-state index contributed by atoms with van der Waals surface area (Å²) in [6, 6.07) is 8.87. The van der Waals surface area contributed by atoms with E-state index in [0.29, 0.717) is 5.92 Å². The van der Waals surface area contributed by atoms with Crippen molar-refractivity contribution in [2.45, 2.75) is 65.3 Å². The lowest BCUT2D eigenvalue weighted by molar-refractivity contribution is 0.484. The first kappa shape index (κ1) is 19.1. The average Bonchev–Trinajstić information content (AvgIpc) is 3.00. The molecule has 0 fully saturated rings. The maximum atomic E-state index is 4.44. The van der Waals surface area contributed by atoms with E-state index in [1.807, 2.05) is 0 Å². The molecule has 148 valence electrons. The van der Waals surface area contributed by atoms with Gasteiger partial charge in [0.05, 0.1) is 0 Å². The van der Waals surface area contributed by atoms with Crippen LogP contribution in [-0.2, 0) is 19.4 Å². The quantitative estimate of drug-likeness (QED) is 0.586. The molecule has 2 heteroatoms. The zero-order chi connectivity index (χ0) is 19.7. The third kappa shape index (κ3) is 3.70. The molecular formula is C26H34N2. The van der Waals surface area contributed by atoms with E-state index in [4.69, 9.17) is 0 Å². The van der Waals surface area contributed by atoms with E-state index >= 15 is 0 Å². The molecule has 1 N–H and O–H groups in total. The molecule has 2 nitrogen and oxygen atoms in total. The second-order valence-electron chi connectivity index (χ2n) is 8.90. The van der Waals surface area contributed by atoms with Crippen LogP contribution in [0.2, 0.25) is 0 Å². The summed E-state index contributed by atoms with van der Waals surface area (Å²) in [6.45, 7) is 14.9. The van der Waals surface area contributed by atoms with Crippen LogP contribution in [0.1, 0.15) is 57.2 Å². The molecule has 1 heterocycles. The van der Waals surface area contributed by atoms with Gasteiger partial charge in [-0.15, -0.1) is 0 Å². The molecule has 2 aliphatic rings. The standard InChI is InChI=1S/C26H34N2/c1-18(2)17-28-25-12-8-7-11-23(25)24-15-21(13-14-26(24)28)20(4)27-16-22-10-6-5-9-19(22)3/h7-8,11-12,21,27H,1,4-6,9-10,13-17H2,2-3H3. The molecule has 1 atom stereocenters. The third-order valence-electron chi connectivity index (χ3n) is 6.71. The first-order chi connectivity index (χ1) is 13.5. The van der Waals surface area contributed by atoms with E-state index in [1.54, 1.807) is 11.1 Å². The Morgan fingerprint density at radius 1 is 1.14 bits per heavy atom. The van der Waals surface area contributed by atoms with E-state index in [0.717, 1.165) is 25.9 Å². The van der Waals surface area contributed by atoms with Crippen LogP contribution in [0.5, 0.6) is 0 Å². The molecular weight excluding hydrogens is 340 g/mol. The lowest BCUT2D eigenvalue weighted by Crippen LogP contribution is -2.27. The van der Waals surface area contributed by atoms with Gasteiger partial charge in [0.15, 0.2) is 0 Å². The topological polar surface area (TPSA) is 17.0 Å². The normalized spacial score (nSPS) is 19.6. The summed E-state index contributed by atoms with van der Waals surface area (Å²) in [6.07, 6.45) is 8.65. The van der Waals surface area contributed by atoms with Gasteiger partial charge in [0, 0.05) is 41.3 Å². The van der Waals surface area contributed by atoms with Gasteiger partial charge < -0.3 is 9.88 Å². The number of allylic oxidation sites excluding steroid dienone is 3. The van der Waals surface area contributed by atoms with Crippen molar-refractivity contribution in [3.63, 3.8) is 0 Å². The fourth-order valence-electron chi connectivity index (χ4n) is 5.07. The van der Waals surface area contributed by atoms with Crippen molar-refractivity contribution in [2.24, 2.45) is 5.92 Å². The molecule has 0 saturated carbocycles. The summed E-state index contributed by atoms with van der Waals surface area (Å²) in [4.78, 5) is 0. The van der Waals surface area contributed by atoms with Crippen LogP contribution in [0.25, 0.3) is 10.9 Å². The fraction of sp³-hybridized carbons (Fsp3) is 0.462. The van der Waals surface area contributed by atoms with E-state index in [1.165, 1.54) is 65.5 Å². The van der Waals surface area contributed by atoms with Crippen molar-refractivity contribution in [1.82, 2.24) is 9.88 Å². The highest BCUT2D eigenvalue weighted by atomic mass is 15.0. The highest BCUT2D eigenvalue weighted by Gasteiger charge is 2.26.